The largest absolute Gasteiger partial charge is 0.459 e. The third-order valence-corrected chi connectivity index (χ3v) is 5.04. The van der Waals surface area contributed by atoms with Crippen LogP contribution in [0.5, 0.6) is 0 Å². The summed E-state index contributed by atoms with van der Waals surface area (Å²) < 4.78 is 19.4. The molecule has 0 aromatic rings. The van der Waals surface area contributed by atoms with Crippen molar-refractivity contribution < 1.29 is 13.9 Å². The van der Waals surface area contributed by atoms with E-state index in [4.69, 9.17) is 10.00 Å². The molecular formula is C17H26FNO2. The van der Waals surface area contributed by atoms with Crippen LogP contribution in [0.25, 0.3) is 0 Å². The normalized spacial score (nSPS) is 36.7. The summed E-state index contributed by atoms with van der Waals surface area (Å²) in [6, 6.07) is 2.11. The summed E-state index contributed by atoms with van der Waals surface area (Å²) in [7, 11) is 0. The predicted molar refractivity (Wildman–Crippen MR) is 78.1 cm³/mol. The molecule has 3 nitrogen and oxygen atoms in total. The van der Waals surface area contributed by atoms with Gasteiger partial charge < -0.3 is 4.74 Å². The zero-order chi connectivity index (χ0) is 15.2. The molecule has 2 fully saturated rings. The highest BCUT2D eigenvalue weighted by molar-refractivity contribution is 5.72. The van der Waals surface area contributed by atoms with Crippen LogP contribution in [0.15, 0.2) is 0 Å². The van der Waals surface area contributed by atoms with Gasteiger partial charge in [0.2, 0.25) is 0 Å². The van der Waals surface area contributed by atoms with E-state index < -0.39 is 12.3 Å². The molecule has 3 atom stereocenters. The maximum atomic E-state index is 13.9. The second-order valence-electron chi connectivity index (χ2n) is 6.64. The van der Waals surface area contributed by atoms with Gasteiger partial charge in [-0.15, -0.1) is 0 Å². The van der Waals surface area contributed by atoms with Crippen LogP contribution in [0.1, 0.15) is 64.7 Å². The highest BCUT2D eigenvalue weighted by Crippen LogP contribution is 2.34. The highest BCUT2D eigenvalue weighted by atomic mass is 19.1. The zero-order valence-electron chi connectivity index (χ0n) is 12.9. The zero-order valence-corrected chi connectivity index (χ0v) is 12.9. The van der Waals surface area contributed by atoms with Crippen LogP contribution in [0, 0.1) is 29.1 Å². The van der Waals surface area contributed by atoms with Crippen molar-refractivity contribution in [2.45, 2.75) is 77.0 Å². The molecular weight excluding hydrogens is 269 g/mol. The molecule has 2 aliphatic carbocycles. The van der Waals surface area contributed by atoms with Gasteiger partial charge >= 0.3 is 5.97 Å². The molecule has 0 aliphatic heterocycles. The number of esters is 1. The molecule has 0 saturated heterocycles. The molecule has 21 heavy (non-hydrogen) atoms. The minimum atomic E-state index is -1.18. The number of alkyl halides is 1. The van der Waals surface area contributed by atoms with E-state index in [1.54, 1.807) is 0 Å². The van der Waals surface area contributed by atoms with Crippen LogP contribution in [0.4, 0.5) is 4.39 Å². The van der Waals surface area contributed by atoms with Gasteiger partial charge in [0.15, 0.2) is 0 Å². The van der Waals surface area contributed by atoms with Crippen molar-refractivity contribution in [1.82, 2.24) is 0 Å². The summed E-state index contributed by atoms with van der Waals surface area (Å²) in [5.74, 6) is 0.269. The first kappa shape index (κ1) is 16.3. The lowest BCUT2D eigenvalue weighted by molar-refractivity contribution is -0.161. The number of carbonyl (C=O) groups excluding carboxylic acids is 1. The summed E-state index contributed by atoms with van der Waals surface area (Å²) >= 11 is 0. The van der Waals surface area contributed by atoms with Gasteiger partial charge in [0.05, 0.1) is 12.0 Å². The molecule has 3 unspecified atom stereocenters. The lowest BCUT2D eigenvalue weighted by atomic mass is 9.80. The topological polar surface area (TPSA) is 50.1 Å². The predicted octanol–water partition coefficient (Wildman–Crippen LogP) is 4.17. The molecule has 118 valence electrons. The maximum absolute atomic E-state index is 13.9. The average molecular weight is 295 g/mol. The van der Waals surface area contributed by atoms with Crippen LogP contribution < -0.4 is 0 Å². The Hall–Kier alpha value is -1.11. The van der Waals surface area contributed by atoms with Crippen molar-refractivity contribution in [2.24, 2.45) is 17.8 Å². The number of hydrogen-bond donors (Lipinski definition) is 0. The van der Waals surface area contributed by atoms with Gasteiger partial charge in [-0.1, -0.05) is 19.8 Å². The van der Waals surface area contributed by atoms with E-state index in [0.717, 1.165) is 31.6 Å². The van der Waals surface area contributed by atoms with Crippen molar-refractivity contribution in [3.63, 3.8) is 0 Å². The van der Waals surface area contributed by atoms with Crippen LogP contribution in [0.3, 0.4) is 0 Å². The summed E-state index contributed by atoms with van der Waals surface area (Å²) in [4.78, 5) is 12.2. The monoisotopic (exact) mass is 295 g/mol. The van der Waals surface area contributed by atoms with Gasteiger partial charge in [-0.25, -0.2) is 4.39 Å². The van der Waals surface area contributed by atoms with E-state index >= 15 is 0 Å². The molecule has 0 aromatic carbocycles. The smallest absolute Gasteiger partial charge is 0.309 e. The minimum absolute atomic E-state index is 0.0426. The Kier molecular flexibility index (Phi) is 6.02. The second-order valence-corrected chi connectivity index (χ2v) is 6.64. The Labute approximate surface area is 126 Å². The van der Waals surface area contributed by atoms with E-state index in [1.807, 2.05) is 0 Å². The van der Waals surface area contributed by atoms with Gasteiger partial charge in [-0.3, -0.25) is 4.79 Å². The van der Waals surface area contributed by atoms with E-state index in [9.17, 15) is 9.18 Å². The van der Waals surface area contributed by atoms with E-state index in [-0.39, 0.29) is 24.2 Å². The summed E-state index contributed by atoms with van der Waals surface area (Å²) in [5, 5.41) is 8.82. The minimum Gasteiger partial charge on any atom is -0.459 e. The Morgan fingerprint density at radius 1 is 1.24 bits per heavy atom. The first-order valence-corrected chi connectivity index (χ1v) is 8.38. The van der Waals surface area contributed by atoms with Gasteiger partial charge in [0.25, 0.3) is 0 Å². The van der Waals surface area contributed by atoms with Crippen molar-refractivity contribution >= 4 is 5.97 Å². The lowest BCUT2D eigenvalue weighted by Crippen LogP contribution is -2.36. The molecule has 0 bridgehead atoms. The van der Waals surface area contributed by atoms with Crippen molar-refractivity contribution in [2.75, 3.05) is 0 Å². The molecule has 4 heteroatoms. The van der Waals surface area contributed by atoms with E-state index in [0.29, 0.717) is 12.8 Å². The Balaban J connectivity index is 1.76. The van der Waals surface area contributed by atoms with E-state index in [2.05, 4.69) is 13.0 Å². The quantitative estimate of drug-likeness (QED) is 0.731. The second kappa shape index (κ2) is 7.77. The molecule has 0 amide bonds. The molecule has 0 spiro atoms. The first-order valence-electron chi connectivity index (χ1n) is 8.38. The molecule has 0 aromatic heterocycles. The summed E-state index contributed by atoms with van der Waals surface area (Å²) in [6.45, 7) is 2.19. The fourth-order valence-electron chi connectivity index (χ4n) is 3.68. The molecule has 2 rings (SSSR count). The number of rotatable bonds is 4. The van der Waals surface area contributed by atoms with Crippen LogP contribution in [0.2, 0.25) is 0 Å². The van der Waals surface area contributed by atoms with Gasteiger partial charge in [0, 0.05) is 5.92 Å². The number of ether oxygens (including phenoxy) is 1. The molecule has 0 heterocycles. The summed E-state index contributed by atoms with van der Waals surface area (Å²) in [5.41, 5.74) is 0. The number of hydrogen-bond acceptors (Lipinski definition) is 3. The average Bonchev–Trinajstić information content (AvgIpc) is 2.50. The molecule has 0 radical (unpaired) electrons. The van der Waals surface area contributed by atoms with Crippen LogP contribution in [-0.4, -0.2) is 18.2 Å². The lowest BCUT2D eigenvalue weighted by Gasteiger charge is -2.31. The fraction of sp³-hybridized carbons (Fsp3) is 0.882. The van der Waals surface area contributed by atoms with Crippen molar-refractivity contribution in [3.05, 3.63) is 0 Å². The molecule has 2 aliphatic rings. The highest BCUT2D eigenvalue weighted by Gasteiger charge is 2.35. The van der Waals surface area contributed by atoms with Crippen LogP contribution in [-0.2, 0) is 9.53 Å². The number of nitrogens with zero attached hydrogens (tertiary/aromatic N) is 1. The van der Waals surface area contributed by atoms with Gasteiger partial charge in [-0.2, -0.15) is 5.26 Å². The van der Waals surface area contributed by atoms with Gasteiger partial charge in [0.1, 0.15) is 12.3 Å². The molecule has 0 N–H and O–H groups in total. The Morgan fingerprint density at radius 2 is 1.95 bits per heavy atom. The van der Waals surface area contributed by atoms with E-state index in [1.165, 1.54) is 12.8 Å². The SMILES string of the molecule is CCCC1CCC(C(=O)OC2CCC(C#N)CC2F)CC1. The Morgan fingerprint density at radius 3 is 2.52 bits per heavy atom. The van der Waals surface area contributed by atoms with Gasteiger partial charge in [-0.05, 0) is 50.9 Å². The summed E-state index contributed by atoms with van der Waals surface area (Å²) in [6.07, 6.45) is 5.91. The molecule has 2 saturated carbocycles. The standard InChI is InChI=1S/C17H26FNO2/c1-2-3-12-4-7-14(8-5-12)17(20)21-16-9-6-13(11-19)10-15(16)18/h12-16H,2-10H2,1H3. The first-order chi connectivity index (χ1) is 10.1. The van der Waals surface area contributed by atoms with Crippen molar-refractivity contribution in [1.29, 1.82) is 5.26 Å². The van der Waals surface area contributed by atoms with Crippen LogP contribution >= 0.6 is 0 Å². The third kappa shape index (κ3) is 4.43. The third-order valence-electron chi connectivity index (χ3n) is 5.04. The Bertz CT molecular complexity index is 385. The maximum Gasteiger partial charge on any atom is 0.309 e. The number of carbonyl (C=O) groups is 1. The number of nitriles is 1. The number of halogens is 1. The van der Waals surface area contributed by atoms with Crippen molar-refractivity contribution in [3.8, 4) is 6.07 Å². The fourth-order valence-corrected chi connectivity index (χ4v) is 3.68.